The van der Waals surface area contributed by atoms with Gasteiger partial charge in [-0.05, 0) is 25.1 Å². The number of amides is 2. The molecule has 124 valence electrons. The first-order chi connectivity index (χ1) is 11.5. The quantitative estimate of drug-likeness (QED) is 0.622. The van der Waals surface area contributed by atoms with E-state index in [4.69, 9.17) is 0 Å². The van der Waals surface area contributed by atoms with Crippen LogP contribution in [0.2, 0.25) is 0 Å². The van der Waals surface area contributed by atoms with E-state index < -0.39 is 10.8 Å². The molecule has 0 bridgehead atoms. The van der Waals surface area contributed by atoms with Crippen molar-refractivity contribution in [2.45, 2.75) is 13.3 Å². The number of carbonyl (C=O) groups excluding carboxylic acids is 2. The molecule has 2 N–H and O–H groups in total. The number of hydrogen-bond donors (Lipinski definition) is 2. The van der Waals surface area contributed by atoms with Crippen molar-refractivity contribution in [3.63, 3.8) is 0 Å². The molecule has 1 aromatic carbocycles. The van der Waals surface area contributed by atoms with Gasteiger partial charge in [0.15, 0.2) is 0 Å². The molecular weight excluding hydrogens is 312 g/mol. The average Bonchev–Trinajstić information content (AvgIpc) is 2.55. The van der Waals surface area contributed by atoms with Crippen LogP contribution in [-0.2, 0) is 4.79 Å². The molecule has 0 unspecified atom stereocenters. The number of nitro benzene ring substituents is 1. The fraction of sp³-hybridized carbons (Fsp3) is 0.188. The van der Waals surface area contributed by atoms with Crippen LogP contribution in [0.15, 0.2) is 42.6 Å². The van der Waals surface area contributed by atoms with Gasteiger partial charge >= 0.3 is 0 Å². The van der Waals surface area contributed by atoms with E-state index in [0.29, 0.717) is 11.4 Å². The number of anilines is 1. The van der Waals surface area contributed by atoms with Gasteiger partial charge in [-0.25, -0.2) is 4.98 Å². The molecule has 2 aromatic rings. The minimum atomic E-state index is -0.535. The maximum Gasteiger partial charge on any atom is 0.273 e. The number of aromatic nitrogens is 1. The van der Waals surface area contributed by atoms with Crippen molar-refractivity contribution >= 4 is 23.3 Å². The Morgan fingerprint density at radius 2 is 2.04 bits per heavy atom. The molecule has 0 radical (unpaired) electrons. The van der Waals surface area contributed by atoms with Crippen LogP contribution in [0, 0.1) is 17.0 Å². The zero-order chi connectivity index (χ0) is 17.5. The Morgan fingerprint density at radius 1 is 1.25 bits per heavy atom. The van der Waals surface area contributed by atoms with Gasteiger partial charge in [-0.1, -0.05) is 12.1 Å². The predicted octanol–water partition coefficient (Wildman–Crippen LogP) is 2.06. The van der Waals surface area contributed by atoms with E-state index >= 15 is 0 Å². The largest absolute Gasteiger partial charge is 0.352 e. The third kappa shape index (κ3) is 4.60. The molecule has 24 heavy (non-hydrogen) atoms. The monoisotopic (exact) mass is 328 g/mol. The van der Waals surface area contributed by atoms with Crippen LogP contribution in [0.25, 0.3) is 0 Å². The lowest BCUT2D eigenvalue weighted by Crippen LogP contribution is -2.27. The number of nitrogens with one attached hydrogen (secondary N) is 2. The zero-order valence-corrected chi connectivity index (χ0v) is 13.0. The molecular formula is C16H16N4O4. The van der Waals surface area contributed by atoms with Gasteiger partial charge in [0.05, 0.1) is 4.92 Å². The Hall–Kier alpha value is -3.29. The predicted molar refractivity (Wildman–Crippen MR) is 87.7 cm³/mol. The number of rotatable bonds is 6. The van der Waals surface area contributed by atoms with Crippen LogP contribution in [0.4, 0.5) is 11.5 Å². The van der Waals surface area contributed by atoms with Crippen molar-refractivity contribution in [2.24, 2.45) is 0 Å². The number of carbonyl (C=O) groups is 2. The van der Waals surface area contributed by atoms with Crippen LogP contribution in [0.5, 0.6) is 0 Å². The number of aryl methyl sites for hydroxylation is 1. The Kier molecular flexibility index (Phi) is 5.56. The lowest BCUT2D eigenvalue weighted by atomic mass is 10.1. The fourth-order valence-corrected chi connectivity index (χ4v) is 1.98. The second kappa shape index (κ2) is 7.82. The third-order valence-corrected chi connectivity index (χ3v) is 3.24. The number of benzene rings is 1. The van der Waals surface area contributed by atoms with Crippen molar-refractivity contribution in [2.75, 3.05) is 11.9 Å². The van der Waals surface area contributed by atoms with Gasteiger partial charge in [-0.3, -0.25) is 19.7 Å². The first-order valence-electron chi connectivity index (χ1n) is 7.21. The summed E-state index contributed by atoms with van der Waals surface area (Å²) < 4.78 is 0. The Morgan fingerprint density at radius 3 is 2.71 bits per heavy atom. The highest BCUT2D eigenvalue weighted by Crippen LogP contribution is 2.19. The molecule has 0 aliphatic rings. The molecule has 2 rings (SSSR count). The Labute approximate surface area is 138 Å². The van der Waals surface area contributed by atoms with Crippen LogP contribution in [0.1, 0.15) is 22.3 Å². The summed E-state index contributed by atoms with van der Waals surface area (Å²) in [6.45, 7) is 1.71. The number of hydrogen-bond acceptors (Lipinski definition) is 5. The summed E-state index contributed by atoms with van der Waals surface area (Å²) in [5, 5.41) is 16.0. The third-order valence-electron chi connectivity index (χ3n) is 3.24. The van der Waals surface area contributed by atoms with Gasteiger partial charge in [0.2, 0.25) is 5.91 Å². The summed E-state index contributed by atoms with van der Waals surface area (Å²) in [6, 6.07) is 9.37. The molecule has 8 nitrogen and oxygen atoms in total. The first-order valence-corrected chi connectivity index (χ1v) is 7.21. The van der Waals surface area contributed by atoms with Gasteiger partial charge in [0.1, 0.15) is 5.82 Å². The van der Waals surface area contributed by atoms with Crippen molar-refractivity contribution in [1.82, 2.24) is 10.3 Å². The molecule has 0 aliphatic carbocycles. The second-order valence-electron chi connectivity index (χ2n) is 5.03. The zero-order valence-electron chi connectivity index (χ0n) is 13.0. The lowest BCUT2D eigenvalue weighted by molar-refractivity contribution is -0.385. The van der Waals surface area contributed by atoms with E-state index in [1.54, 1.807) is 31.3 Å². The van der Waals surface area contributed by atoms with Gasteiger partial charge in [-0.2, -0.15) is 0 Å². The van der Waals surface area contributed by atoms with Gasteiger partial charge < -0.3 is 10.6 Å². The summed E-state index contributed by atoms with van der Waals surface area (Å²) in [6.07, 6.45) is 1.62. The fourth-order valence-electron chi connectivity index (χ4n) is 1.98. The average molecular weight is 328 g/mol. The van der Waals surface area contributed by atoms with Crippen molar-refractivity contribution in [3.05, 3.63) is 63.8 Å². The van der Waals surface area contributed by atoms with Crippen molar-refractivity contribution in [3.8, 4) is 0 Å². The minimum Gasteiger partial charge on any atom is -0.352 e. The smallest absolute Gasteiger partial charge is 0.273 e. The standard InChI is InChI=1S/C16H16N4O4/c1-11-5-6-12(10-13(11)20(23)24)16(22)18-9-7-15(21)19-14-4-2-3-8-17-14/h2-6,8,10H,7,9H2,1H3,(H,18,22)(H,17,19,21). The molecule has 0 fully saturated rings. The lowest BCUT2D eigenvalue weighted by Gasteiger charge is -2.07. The topological polar surface area (TPSA) is 114 Å². The molecule has 1 heterocycles. The van der Waals surface area contributed by atoms with Crippen molar-refractivity contribution < 1.29 is 14.5 Å². The molecule has 1 aromatic heterocycles. The summed E-state index contributed by atoms with van der Waals surface area (Å²) in [7, 11) is 0. The first kappa shape index (κ1) is 17.1. The maximum atomic E-state index is 12.0. The molecule has 0 saturated heterocycles. The summed E-state index contributed by atoms with van der Waals surface area (Å²) in [4.78, 5) is 38.0. The van der Waals surface area contributed by atoms with E-state index in [0.717, 1.165) is 0 Å². The van der Waals surface area contributed by atoms with Crippen molar-refractivity contribution in [1.29, 1.82) is 0 Å². The summed E-state index contributed by atoms with van der Waals surface area (Å²) in [5.41, 5.74) is 0.541. The minimum absolute atomic E-state index is 0.0657. The number of nitro groups is 1. The van der Waals surface area contributed by atoms with Crippen LogP contribution in [-0.4, -0.2) is 28.3 Å². The van der Waals surface area contributed by atoms with E-state index in [9.17, 15) is 19.7 Å². The van der Waals surface area contributed by atoms with Gasteiger partial charge in [0, 0.05) is 36.4 Å². The highest BCUT2D eigenvalue weighted by Gasteiger charge is 2.15. The molecule has 2 amide bonds. The normalized spacial score (nSPS) is 10.0. The van der Waals surface area contributed by atoms with Crippen LogP contribution < -0.4 is 10.6 Å². The SMILES string of the molecule is Cc1ccc(C(=O)NCCC(=O)Nc2ccccn2)cc1[N+](=O)[O-]. The molecule has 0 aliphatic heterocycles. The van der Waals surface area contributed by atoms with Crippen LogP contribution >= 0.6 is 0 Å². The Bertz CT molecular complexity index is 762. The number of pyridine rings is 1. The van der Waals surface area contributed by atoms with Gasteiger partial charge in [-0.15, -0.1) is 0 Å². The molecule has 0 saturated carbocycles. The summed E-state index contributed by atoms with van der Waals surface area (Å²) >= 11 is 0. The van der Waals surface area contributed by atoms with Crippen LogP contribution in [0.3, 0.4) is 0 Å². The van der Waals surface area contributed by atoms with E-state index in [1.807, 2.05) is 0 Å². The number of nitrogens with zero attached hydrogens (tertiary/aromatic N) is 2. The molecule has 0 atom stereocenters. The van der Waals surface area contributed by atoms with E-state index in [-0.39, 0.29) is 30.1 Å². The highest BCUT2D eigenvalue weighted by molar-refractivity contribution is 5.95. The molecule has 8 heteroatoms. The maximum absolute atomic E-state index is 12.0. The molecule has 0 spiro atoms. The van der Waals surface area contributed by atoms with E-state index in [2.05, 4.69) is 15.6 Å². The van der Waals surface area contributed by atoms with Gasteiger partial charge in [0.25, 0.3) is 11.6 Å². The Balaban J connectivity index is 1.86. The van der Waals surface area contributed by atoms with E-state index in [1.165, 1.54) is 18.2 Å². The highest BCUT2D eigenvalue weighted by atomic mass is 16.6. The second-order valence-corrected chi connectivity index (χ2v) is 5.03. The summed E-state index contributed by atoms with van der Waals surface area (Å²) in [5.74, 6) is -0.324.